The molecule has 3 aromatic rings. The summed E-state index contributed by atoms with van der Waals surface area (Å²) >= 11 is 0. The van der Waals surface area contributed by atoms with E-state index in [2.05, 4.69) is 20.6 Å². The van der Waals surface area contributed by atoms with Gasteiger partial charge in [-0.2, -0.15) is 13.2 Å². The normalized spacial score (nSPS) is 17.8. The number of methoxy groups -OCH3 is 1. The van der Waals surface area contributed by atoms with E-state index in [0.29, 0.717) is 36.9 Å². The number of alkyl halides is 3. The Morgan fingerprint density at radius 3 is 2.56 bits per heavy atom. The van der Waals surface area contributed by atoms with E-state index in [1.807, 2.05) is 6.92 Å². The topological polar surface area (TPSA) is 142 Å². The third kappa shape index (κ3) is 6.24. The van der Waals surface area contributed by atoms with Gasteiger partial charge in [-0.25, -0.2) is 14.8 Å². The molecule has 10 nitrogen and oxygen atoms in total. The number of fused-ring (bicyclic) bond motifs is 1. The average Bonchev–Trinajstić information content (AvgIpc) is 3.32. The van der Waals surface area contributed by atoms with Crippen molar-refractivity contribution >= 4 is 22.9 Å². The number of ether oxygens (including phenoxy) is 2. The molecule has 1 fully saturated rings. The summed E-state index contributed by atoms with van der Waals surface area (Å²) in [4.78, 5) is 32.8. The van der Waals surface area contributed by atoms with Crippen LogP contribution in [0, 0.1) is 5.92 Å². The van der Waals surface area contributed by atoms with Gasteiger partial charge in [-0.05, 0) is 56.4 Å². The summed E-state index contributed by atoms with van der Waals surface area (Å²) < 4.78 is 56.2. The third-order valence-corrected chi connectivity index (χ3v) is 6.38. The Kier molecular flexibility index (Phi) is 8.28. The molecular weight excluding hydrogens is 519 g/mol. The zero-order chi connectivity index (χ0) is 28.3. The second kappa shape index (κ2) is 11.5. The molecule has 0 saturated heterocycles. The van der Waals surface area contributed by atoms with Crippen molar-refractivity contribution in [1.29, 1.82) is 0 Å². The van der Waals surface area contributed by atoms with Crippen LogP contribution in [-0.4, -0.2) is 48.3 Å². The number of amides is 2. The summed E-state index contributed by atoms with van der Waals surface area (Å²) in [5.41, 5.74) is 5.25. The van der Waals surface area contributed by atoms with Gasteiger partial charge in [0.2, 0.25) is 5.89 Å². The number of carbonyl (C=O) groups excluding carboxylic acids is 2. The maximum atomic E-state index is 13.3. The van der Waals surface area contributed by atoms with E-state index in [0.717, 1.165) is 12.5 Å². The number of nitrogens with zero attached hydrogens (tertiary/aromatic N) is 2. The van der Waals surface area contributed by atoms with Crippen molar-refractivity contribution in [3.63, 3.8) is 0 Å². The molecule has 2 heterocycles. The molecule has 210 valence electrons. The standard InChI is InChI=1S/C26H30F3N5O5/c1-4-9-31-25(36)38-15-10-14(11-15)12-32-23(35)21-22(13(2)30)39-24(34-21)17-5-7-18(37-3)20-16(17)6-8-19(33-20)26(27,28)29/h5-8,13-15H,4,9-12,30H2,1-3H3,(H,31,36)(H,32,35)/t13-,14?,15?/m0/s1. The van der Waals surface area contributed by atoms with Crippen LogP contribution >= 0.6 is 0 Å². The monoisotopic (exact) mass is 549 g/mol. The molecule has 2 amide bonds. The smallest absolute Gasteiger partial charge is 0.433 e. The first-order chi connectivity index (χ1) is 18.5. The molecule has 0 aliphatic heterocycles. The lowest BCUT2D eigenvalue weighted by Gasteiger charge is -2.34. The van der Waals surface area contributed by atoms with E-state index >= 15 is 0 Å². The van der Waals surface area contributed by atoms with Crippen LogP contribution in [0.15, 0.2) is 28.7 Å². The van der Waals surface area contributed by atoms with Crippen molar-refractivity contribution in [3.8, 4) is 17.2 Å². The van der Waals surface area contributed by atoms with Crippen LogP contribution in [0.1, 0.15) is 61.1 Å². The van der Waals surface area contributed by atoms with Gasteiger partial charge in [-0.1, -0.05) is 6.92 Å². The maximum absolute atomic E-state index is 13.3. The zero-order valence-electron chi connectivity index (χ0n) is 21.7. The van der Waals surface area contributed by atoms with Gasteiger partial charge in [0.1, 0.15) is 23.1 Å². The molecular formula is C26H30F3N5O5. The zero-order valence-corrected chi connectivity index (χ0v) is 21.7. The highest BCUT2D eigenvalue weighted by atomic mass is 19.4. The number of nitrogens with two attached hydrogens (primary N) is 1. The molecule has 0 bridgehead atoms. The van der Waals surface area contributed by atoms with Crippen LogP contribution in [0.25, 0.3) is 22.4 Å². The highest BCUT2D eigenvalue weighted by Crippen LogP contribution is 2.37. The Morgan fingerprint density at radius 1 is 1.18 bits per heavy atom. The van der Waals surface area contributed by atoms with Gasteiger partial charge in [0.05, 0.1) is 13.2 Å². The molecule has 1 aliphatic rings. The number of pyridine rings is 1. The molecule has 0 spiro atoms. The number of benzene rings is 1. The minimum atomic E-state index is -4.64. The van der Waals surface area contributed by atoms with Crippen molar-refractivity contribution < 1.29 is 36.7 Å². The second-order valence-electron chi connectivity index (χ2n) is 9.43. The number of carbonyl (C=O) groups is 2. The molecule has 1 aromatic carbocycles. The summed E-state index contributed by atoms with van der Waals surface area (Å²) in [5.74, 6) is -0.0897. The van der Waals surface area contributed by atoms with Gasteiger partial charge in [-0.15, -0.1) is 0 Å². The molecule has 39 heavy (non-hydrogen) atoms. The predicted molar refractivity (Wildman–Crippen MR) is 135 cm³/mol. The first-order valence-electron chi connectivity index (χ1n) is 12.6. The molecule has 2 aromatic heterocycles. The van der Waals surface area contributed by atoms with Crippen LogP contribution in [0.2, 0.25) is 0 Å². The van der Waals surface area contributed by atoms with Crippen LogP contribution in [0.4, 0.5) is 18.0 Å². The lowest BCUT2D eigenvalue weighted by molar-refractivity contribution is -0.140. The largest absolute Gasteiger partial charge is 0.494 e. The fourth-order valence-electron chi connectivity index (χ4n) is 4.30. The average molecular weight is 550 g/mol. The number of halogens is 3. The summed E-state index contributed by atoms with van der Waals surface area (Å²) in [6.45, 7) is 4.46. The van der Waals surface area contributed by atoms with Gasteiger partial charge >= 0.3 is 12.3 Å². The Bertz CT molecular complexity index is 1350. The molecule has 4 N–H and O–H groups in total. The lowest BCUT2D eigenvalue weighted by atomic mass is 9.82. The predicted octanol–water partition coefficient (Wildman–Crippen LogP) is 4.58. The second-order valence-corrected chi connectivity index (χ2v) is 9.43. The minimum absolute atomic E-state index is 0.0110. The molecule has 1 atom stereocenters. The number of aromatic nitrogens is 2. The number of nitrogens with one attached hydrogen (secondary N) is 2. The Hall–Kier alpha value is -3.87. The van der Waals surface area contributed by atoms with Gasteiger partial charge in [0, 0.05) is 24.0 Å². The minimum Gasteiger partial charge on any atom is -0.494 e. The van der Waals surface area contributed by atoms with E-state index in [4.69, 9.17) is 19.6 Å². The van der Waals surface area contributed by atoms with E-state index in [9.17, 15) is 22.8 Å². The van der Waals surface area contributed by atoms with Gasteiger partial charge in [0.25, 0.3) is 5.91 Å². The number of hydrogen-bond donors (Lipinski definition) is 3. The summed E-state index contributed by atoms with van der Waals surface area (Å²) in [7, 11) is 1.33. The number of oxazole rings is 1. The fraction of sp³-hybridized carbons (Fsp3) is 0.462. The molecule has 0 radical (unpaired) electrons. The maximum Gasteiger partial charge on any atom is 0.433 e. The number of rotatable bonds is 9. The lowest BCUT2D eigenvalue weighted by Crippen LogP contribution is -2.42. The van der Waals surface area contributed by atoms with Crippen molar-refractivity contribution in [1.82, 2.24) is 20.6 Å². The highest BCUT2D eigenvalue weighted by Gasteiger charge is 2.34. The van der Waals surface area contributed by atoms with E-state index in [-0.39, 0.29) is 40.6 Å². The van der Waals surface area contributed by atoms with Crippen LogP contribution in [0.3, 0.4) is 0 Å². The summed E-state index contributed by atoms with van der Waals surface area (Å²) in [6, 6.07) is 4.46. The van der Waals surface area contributed by atoms with E-state index in [1.54, 1.807) is 13.0 Å². The van der Waals surface area contributed by atoms with Gasteiger partial charge in [-0.3, -0.25) is 4.79 Å². The number of alkyl carbamates (subject to hydrolysis) is 1. The van der Waals surface area contributed by atoms with Crippen molar-refractivity contribution in [2.24, 2.45) is 11.7 Å². The highest BCUT2D eigenvalue weighted by molar-refractivity contribution is 5.98. The van der Waals surface area contributed by atoms with Gasteiger partial charge < -0.3 is 30.3 Å². The number of hydrogen-bond acceptors (Lipinski definition) is 8. The first-order valence-corrected chi connectivity index (χ1v) is 12.6. The van der Waals surface area contributed by atoms with Crippen LogP contribution in [-0.2, 0) is 10.9 Å². The van der Waals surface area contributed by atoms with Crippen molar-refractivity contribution in [3.05, 3.63) is 41.4 Å². The quantitative estimate of drug-likeness (QED) is 0.352. The molecule has 13 heteroatoms. The summed E-state index contributed by atoms with van der Waals surface area (Å²) in [5, 5.41) is 5.77. The van der Waals surface area contributed by atoms with E-state index < -0.39 is 29.9 Å². The fourth-order valence-corrected chi connectivity index (χ4v) is 4.30. The van der Waals surface area contributed by atoms with Gasteiger partial charge in [0.15, 0.2) is 11.5 Å². The summed E-state index contributed by atoms with van der Waals surface area (Å²) in [6.07, 6.45) is -3.23. The molecule has 4 rings (SSSR count). The SMILES string of the molecule is CCCNC(=O)OC1CC(CNC(=O)c2nc(-c3ccc(OC)c4nc(C(F)(F)F)ccc34)oc2[C@H](C)N)C1. The first kappa shape index (κ1) is 28.1. The van der Waals surface area contributed by atoms with Crippen molar-refractivity contribution in [2.45, 2.75) is 51.4 Å². The van der Waals surface area contributed by atoms with Crippen LogP contribution in [0.5, 0.6) is 5.75 Å². The third-order valence-electron chi connectivity index (χ3n) is 6.38. The van der Waals surface area contributed by atoms with E-state index in [1.165, 1.54) is 19.2 Å². The molecule has 1 aliphatic carbocycles. The van der Waals surface area contributed by atoms with Crippen molar-refractivity contribution in [2.75, 3.05) is 20.2 Å². The molecule has 1 saturated carbocycles. The van der Waals surface area contributed by atoms with Crippen LogP contribution < -0.4 is 21.1 Å². The Labute approximate surface area is 222 Å². The Morgan fingerprint density at radius 2 is 1.92 bits per heavy atom. The molecule has 0 unspecified atom stereocenters. The Balaban J connectivity index is 1.51.